The van der Waals surface area contributed by atoms with Gasteiger partial charge in [-0.1, -0.05) is 0 Å². The summed E-state index contributed by atoms with van der Waals surface area (Å²) in [6.45, 7) is 0. The quantitative estimate of drug-likeness (QED) is 0.676. The minimum absolute atomic E-state index is 0.183. The van der Waals surface area contributed by atoms with Gasteiger partial charge in [0.2, 0.25) is 15.8 Å². The summed E-state index contributed by atoms with van der Waals surface area (Å²) in [6, 6.07) is 2.40. The standard InChI is InChI=1S/C11H13FN2O4S2/c12-10-6-9(3-4-11(10)14(15)16)20(17,18)13-8-2-1-5-19-7-8/h3-4,6,8,13H,1-2,5,7H2. The number of nitrogens with zero attached hydrogens (tertiary/aromatic N) is 1. The van der Waals surface area contributed by atoms with Crippen molar-refractivity contribution in [2.24, 2.45) is 0 Å². The molecule has 0 spiro atoms. The van der Waals surface area contributed by atoms with Crippen molar-refractivity contribution in [2.45, 2.75) is 23.8 Å². The second-order valence-electron chi connectivity index (χ2n) is 4.41. The molecule has 0 radical (unpaired) electrons. The average Bonchev–Trinajstić information content (AvgIpc) is 2.38. The van der Waals surface area contributed by atoms with E-state index in [-0.39, 0.29) is 10.9 Å². The third-order valence-corrected chi connectivity index (χ3v) is 5.64. The fourth-order valence-corrected chi connectivity index (χ4v) is 4.38. The van der Waals surface area contributed by atoms with Crippen molar-refractivity contribution >= 4 is 27.5 Å². The van der Waals surface area contributed by atoms with Crippen LogP contribution in [0.1, 0.15) is 12.8 Å². The number of sulfonamides is 1. The summed E-state index contributed by atoms with van der Waals surface area (Å²) in [5, 5.41) is 10.5. The molecule has 0 amide bonds. The Hall–Kier alpha value is -1.19. The molecular formula is C11H13FN2O4S2. The van der Waals surface area contributed by atoms with Crippen molar-refractivity contribution in [3.8, 4) is 0 Å². The SMILES string of the molecule is O=[N+]([O-])c1ccc(S(=O)(=O)NC2CCCSC2)cc1F. The Labute approximate surface area is 120 Å². The zero-order valence-corrected chi connectivity index (χ0v) is 12.0. The van der Waals surface area contributed by atoms with Crippen molar-refractivity contribution in [1.29, 1.82) is 0 Å². The molecule has 0 bridgehead atoms. The highest BCUT2D eigenvalue weighted by atomic mass is 32.2. The van der Waals surface area contributed by atoms with E-state index in [2.05, 4.69) is 4.72 Å². The number of hydrogen-bond donors (Lipinski definition) is 1. The summed E-state index contributed by atoms with van der Waals surface area (Å²) >= 11 is 1.66. The van der Waals surface area contributed by atoms with Gasteiger partial charge in [0.1, 0.15) is 0 Å². The Bertz CT molecular complexity index is 615. The first-order valence-electron chi connectivity index (χ1n) is 5.94. The maximum Gasteiger partial charge on any atom is 0.304 e. The Kier molecular flexibility index (Phi) is 4.61. The topological polar surface area (TPSA) is 89.3 Å². The summed E-state index contributed by atoms with van der Waals surface area (Å²) in [5.41, 5.74) is -0.739. The van der Waals surface area contributed by atoms with Crippen LogP contribution >= 0.6 is 11.8 Å². The first-order valence-corrected chi connectivity index (χ1v) is 8.58. The van der Waals surface area contributed by atoms with Crippen molar-refractivity contribution in [3.05, 3.63) is 34.1 Å². The normalized spacial score (nSPS) is 19.8. The molecule has 1 atom stereocenters. The predicted molar refractivity (Wildman–Crippen MR) is 73.7 cm³/mol. The maximum absolute atomic E-state index is 13.5. The molecule has 110 valence electrons. The molecule has 1 aromatic carbocycles. The van der Waals surface area contributed by atoms with Crippen LogP contribution in [0.5, 0.6) is 0 Å². The van der Waals surface area contributed by atoms with E-state index in [9.17, 15) is 22.9 Å². The molecule has 1 saturated heterocycles. The fraction of sp³-hybridized carbons (Fsp3) is 0.455. The zero-order chi connectivity index (χ0) is 14.8. The lowest BCUT2D eigenvalue weighted by molar-refractivity contribution is -0.387. The summed E-state index contributed by atoms with van der Waals surface area (Å²) in [5.74, 6) is 0.523. The number of nitro benzene ring substituents is 1. The monoisotopic (exact) mass is 320 g/mol. The van der Waals surface area contributed by atoms with Crippen molar-refractivity contribution in [2.75, 3.05) is 11.5 Å². The average molecular weight is 320 g/mol. The van der Waals surface area contributed by atoms with Crippen molar-refractivity contribution in [3.63, 3.8) is 0 Å². The molecule has 9 heteroatoms. The largest absolute Gasteiger partial charge is 0.304 e. The first-order chi connectivity index (χ1) is 9.40. The van der Waals surface area contributed by atoms with E-state index in [1.54, 1.807) is 11.8 Å². The van der Waals surface area contributed by atoms with Gasteiger partial charge in [-0.3, -0.25) is 10.1 Å². The van der Waals surface area contributed by atoms with Gasteiger partial charge in [0, 0.05) is 23.9 Å². The van der Waals surface area contributed by atoms with Gasteiger partial charge in [-0.05, 0) is 24.7 Å². The second kappa shape index (κ2) is 6.06. The molecule has 0 saturated carbocycles. The Morgan fingerprint density at radius 1 is 1.45 bits per heavy atom. The Morgan fingerprint density at radius 2 is 2.20 bits per heavy atom. The van der Waals surface area contributed by atoms with Crippen LogP contribution in [0.3, 0.4) is 0 Å². The predicted octanol–water partition coefficient (Wildman–Crippen LogP) is 1.91. The van der Waals surface area contributed by atoms with Crippen LogP contribution in [0, 0.1) is 15.9 Å². The summed E-state index contributed by atoms with van der Waals surface area (Å²) in [7, 11) is -3.85. The van der Waals surface area contributed by atoms with Gasteiger partial charge in [-0.2, -0.15) is 16.2 Å². The molecule has 0 aliphatic carbocycles. The van der Waals surface area contributed by atoms with Gasteiger partial charge in [-0.25, -0.2) is 13.1 Å². The van der Waals surface area contributed by atoms with E-state index < -0.39 is 26.5 Å². The van der Waals surface area contributed by atoms with E-state index in [0.717, 1.165) is 30.7 Å². The van der Waals surface area contributed by atoms with Gasteiger partial charge >= 0.3 is 5.69 Å². The molecule has 1 aliphatic rings. The highest BCUT2D eigenvalue weighted by Gasteiger charge is 2.24. The first kappa shape index (κ1) is 15.2. The Balaban J connectivity index is 2.20. The van der Waals surface area contributed by atoms with Gasteiger partial charge in [-0.15, -0.1) is 0 Å². The summed E-state index contributed by atoms with van der Waals surface area (Å²) < 4.78 is 40.1. The van der Waals surface area contributed by atoms with E-state index in [0.29, 0.717) is 11.8 Å². The third-order valence-electron chi connectivity index (χ3n) is 2.91. The van der Waals surface area contributed by atoms with Gasteiger partial charge in [0.05, 0.1) is 9.82 Å². The zero-order valence-electron chi connectivity index (χ0n) is 10.4. The van der Waals surface area contributed by atoms with Gasteiger partial charge < -0.3 is 0 Å². The number of benzene rings is 1. The van der Waals surface area contributed by atoms with E-state index in [1.807, 2.05) is 0 Å². The number of halogens is 1. The van der Waals surface area contributed by atoms with Crippen LogP contribution in [0.2, 0.25) is 0 Å². The smallest absolute Gasteiger partial charge is 0.258 e. The van der Waals surface area contributed by atoms with Crippen LogP contribution in [0.25, 0.3) is 0 Å². The molecular weight excluding hydrogens is 307 g/mol. The number of hydrogen-bond acceptors (Lipinski definition) is 5. The van der Waals surface area contributed by atoms with E-state index in [1.165, 1.54) is 0 Å². The highest BCUT2D eigenvalue weighted by molar-refractivity contribution is 7.99. The lowest BCUT2D eigenvalue weighted by Gasteiger charge is -2.22. The molecule has 1 heterocycles. The lowest BCUT2D eigenvalue weighted by Crippen LogP contribution is -2.38. The van der Waals surface area contributed by atoms with Crippen LogP contribution in [0.4, 0.5) is 10.1 Å². The fourth-order valence-electron chi connectivity index (χ4n) is 1.92. The number of nitrogens with one attached hydrogen (secondary N) is 1. The molecule has 2 rings (SSSR count). The minimum Gasteiger partial charge on any atom is -0.258 e. The molecule has 1 N–H and O–H groups in total. The molecule has 1 fully saturated rings. The molecule has 1 unspecified atom stereocenters. The van der Waals surface area contributed by atoms with Crippen LogP contribution < -0.4 is 4.72 Å². The van der Waals surface area contributed by atoms with E-state index in [4.69, 9.17) is 0 Å². The number of thioether (sulfide) groups is 1. The number of nitro groups is 1. The van der Waals surface area contributed by atoms with Gasteiger partial charge in [0.25, 0.3) is 0 Å². The molecule has 1 aliphatic heterocycles. The van der Waals surface area contributed by atoms with Crippen LogP contribution in [-0.4, -0.2) is 30.9 Å². The molecule has 0 aromatic heterocycles. The minimum atomic E-state index is -3.85. The highest BCUT2D eigenvalue weighted by Crippen LogP contribution is 2.23. The summed E-state index contributed by atoms with van der Waals surface area (Å²) in [4.78, 5) is 9.31. The summed E-state index contributed by atoms with van der Waals surface area (Å²) in [6.07, 6.45) is 1.66. The molecule has 1 aromatic rings. The number of rotatable bonds is 4. The Morgan fingerprint density at radius 3 is 2.75 bits per heavy atom. The van der Waals surface area contributed by atoms with Gasteiger partial charge in [0.15, 0.2) is 0 Å². The third kappa shape index (κ3) is 3.47. The van der Waals surface area contributed by atoms with E-state index >= 15 is 0 Å². The van der Waals surface area contributed by atoms with Crippen LogP contribution in [-0.2, 0) is 10.0 Å². The lowest BCUT2D eigenvalue weighted by atomic mass is 10.2. The second-order valence-corrected chi connectivity index (χ2v) is 7.27. The molecule has 20 heavy (non-hydrogen) atoms. The van der Waals surface area contributed by atoms with Crippen molar-refractivity contribution in [1.82, 2.24) is 4.72 Å². The maximum atomic E-state index is 13.5. The van der Waals surface area contributed by atoms with Crippen molar-refractivity contribution < 1.29 is 17.7 Å². The molecule has 6 nitrogen and oxygen atoms in total. The van der Waals surface area contributed by atoms with Crippen LogP contribution in [0.15, 0.2) is 23.1 Å².